The molecule has 1 aromatic heterocycles. The van der Waals surface area contributed by atoms with Crippen LogP contribution in [0.1, 0.15) is 40.7 Å². The highest BCUT2D eigenvalue weighted by atomic mass is 32.2. The Morgan fingerprint density at radius 1 is 1.03 bits per heavy atom. The van der Waals surface area contributed by atoms with Crippen LogP contribution in [-0.2, 0) is 23.5 Å². The normalized spacial score (nSPS) is 16.3. The molecule has 1 aliphatic rings. The number of aromatic nitrogens is 1. The zero-order valence-corrected chi connectivity index (χ0v) is 18.6. The fraction of sp³-hybridized carbons (Fsp3) is 0.500. The number of nitrogens with zero attached hydrogens (tertiary/aromatic N) is 3. The number of benzene rings is 1. The van der Waals surface area contributed by atoms with Crippen molar-refractivity contribution in [3.63, 3.8) is 0 Å². The van der Waals surface area contributed by atoms with Gasteiger partial charge in [0.2, 0.25) is 10.0 Å². The minimum Gasteiger partial charge on any atom is -0.351 e. The third-order valence-corrected chi connectivity index (χ3v) is 7.79. The minimum absolute atomic E-state index is 0.0917. The Kier molecular flexibility index (Phi) is 6.61. The van der Waals surface area contributed by atoms with E-state index >= 15 is 0 Å². The second-order valence-electron chi connectivity index (χ2n) is 7.84. The van der Waals surface area contributed by atoms with Crippen LogP contribution in [-0.4, -0.2) is 60.7 Å². The Morgan fingerprint density at radius 2 is 1.66 bits per heavy atom. The molecule has 1 saturated heterocycles. The van der Waals surface area contributed by atoms with Gasteiger partial charge in [-0.15, -0.1) is 0 Å². The highest BCUT2D eigenvalue weighted by Gasteiger charge is 2.29. The van der Waals surface area contributed by atoms with Crippen molar-refractivity contribution in [3.05, 3.63) is 52.8 Å². The number of ketones is 1. The first kappa shape index (κ1) is 21.7. The van der Waals surface area contributed by atoms with Crippen LogP contribution in [0.25, 0.3) is 0 Å². The highest BCUT2D eigenvalue weighted by Crippen LogP contribution is 2.20. The topological polar surface area (TPSA) is 62.6 Å². The van der Waals surface area contributed by atoms with E-state index in [1.54, 1.807) is 12.1 Å². The molecule has 0 atom stereocenters. The van der Waals surface area contributed by atoms with E-state index in [1.165, 1.54) is 4.31 Å². The molecule has 29 heavy (non-hydrogen) atoms. The summed E-state index contributed by atoms with van der Waals surface area (Å²) >= 11 is 0. The van der Waals surface area contributed by atoms with Crippen LogP contribution in [0.4, 0.5) is 0 Å². The number of aryl methyl sites for hydroxylation is 2. The lowest BCUT2D eigenvalue weighted by Crippen LogP contribution is -2.49. The second-order valence-corrected chi connectivity index (χ2v) is 9.78. The Balaban J connectivity index is 1.60. The maximum atomic E-state index is 12.9. The summed E-state index contributed by atoms with van der Waals surface area (Å²) in [7, 11) is -1.53. The monoisotopic (exact) mass is 417 g/mol. The fourth-order valence-electron chi connectivity index (χ4n) is 3.82. The van der Waals surface area contributed by atoms with Gasteiger partial charge in [-0.05, 0) is 44.0 Å². The van der Waals surface area contributed by atoms with Gasteiger partial charge in [0.1, 0.15) is 0 Å². The number of Topliss-reactive ketones (excluding diaryl/α,β-unsaturated/α-hetero) is 1. The number of hydrogen-bond donors (Lipinski definition) is 0. The Morgan fingerprint density at radius 3 is 2.17 bits per heavy atom. The van der Waals surface area contributed by atoms with E-state index in [4.69, 9.17) is 0 Å². The van der Waals surface area contributed by atoms with Gasteiger partial charge in [0.05, 0.1) is 11.4 Å². The number of sulfonamides is 1. The molecule has 2 heterocycles. The molecule has 1 aliphatic heterocycles. The molecule has 0 unspecified atom stereocenters. The van der Waals surface area contributed by atoms with Gasteiger partial charge in [-0.25, -0.2) is 8.42 Å². The van der Waals surface area contributed by atoms with E-state index in [-0.39, 0.29) is 5.78 Å². The maximum absolute atomic E-state index is 12.9. The van der Waals surface area contributed by atoms with Crippen LogP contribution < -0.4 is 0 Å². The lowest BCUT2D eigenvalue weighted by Gasteiger charge is -2.33. The summed E-state index contributed by atoms with van der Waals surface area (Å²) in [6.07, 6.45) is 1.99. The largest absolute Gasteiger partial charge is 0.351 e. The zero-order valence-electron chi connectivity index (χ0n) is 17.8. The smallest absolute Gasteiger partial charge is 0.243 e. The van der Waals surface area contributed by atoms with Crippen molar-refractivity contribution in [2.45, 2.75) is 38.5 Å². The average Bonchev–Trinajstić information content (AvgIpc) is 2.96. The van der Waals surface area contributed by atoms with Crippen LogP contribution >= 0.6 is 0 Å². The third-order valence-electron chi connectivity index (χ3n) is 5.87. The van der Waals surface area contributed by atoms with Gasteiger partial charge in [-0.3, -0.25) is 9.69 Å². The summed E-state index contributed by atoms with van der Waals surface area (Å²) in [4.78, 5) is 15.1. The van der Waals surface area contributed by atoms with Crippen molar-refractivity contribution in [3.8, 4) is 0 Å². The SMILES string of the molecule is CCCc1ccc(S(=O)(=O)N2CCN(CC(=O)c3cc(C)n(C)c3C)CC2)cc1. The summed E-state index contributed by atoms with van der Waals surface area (Å²) in [5.74, 6) is 0.0917. The number of rotatable bonds is 7. The summed E-state index contributed by atoms with van der Waals surface area (Å²) < 4.78 is 29.4. The van der Waals surface area contributed by atoms with E-state index in [9.17, 15) is 13.2 Å². The predicted octanol–water partition coefficient (Wildman–Crippen LogP) is 2.78. The number of carbonyl (C=O) groups excluding carboxylic acids is 1. The molecule has 0 spiro atoms. The van der Waals surface area contributed by atoms with Gasteiger partial charge >= 0.3 is 0 Å². The molecule has 2 aromatic rings. The van der Waals surface area contributed by atoms with E-state index in [2.05, 4.69) is 6.92 Å². The van der Waals surface area contributed by atoms with Gasteiger partial charge in [-0.2, -0.15) is 4.31 Å². The first-order valence-corrected chi connectivity index (χ1v) is 11.7. The van der Waals surface area contributed by atoms with Gasteiger partial charge in [0, 0.05) is 50.2 Å². The lowest BCUT2D eigenvalue weighted by molar-refractivity contribution is 0.0901. The number of hydrogen-bond acceptors (Lipinski definition) is 4. The first-order valence-electron chi connectivity index (χ1n) is 10.2. The van der Waals surface area contributed by atoms with Crippen molar-refractivity contribution in [1.82, 2.24) is 13.8 Å². The molecule has 0 N–H and O–H groups in total. The molecule has 6 nitrogen and oxygen atoms in total. The van der Waals surface area contributed by atoms with Gasteiger partial charge in [0.25, 0.3) is 0 Å². The number of piperazine rings is 1. The lowest BCUT2D eigenvalue weighted by atomic mass is 10.1. The van der Waals surface area contributed by atoms with Gasteiger partial charge in [-0.1, -0.05) is 25.5 Å². The molecule has 158 valence electrons. The third kappa shape index (κ3) is 4.63. The fourth-order valence-corrected chi connectivity index (χ4v) is 5.24. The molecule has 3 rings (SSSR count). The Labute approximate surface area is 174 Å². The molecular formula is C22H31N3O3S. The molecule has 1 aromatic carbocycles. The van der Waals surface area contributed by atoms with Crippen LogP contribution in [0.3, 0.4) is 0 Å². The standard InChI is InChI=1S/C22H31N3O3S/c1-5-6-19-7-9-20(10-8-19)29(27,28)25-13-11-24(12-14-25)16-22(26)21-15-17(2)23(4)18(21)3/h7-10,15H,5-6,11-14,16H2,1-4H3. The van der Waals surface area contributed by atoms with E-state index in [0.717, 1.165) is 35.4 Å². The molecular weight excluding hydrogens is 386 g/mol. The zero-order chi connectivity index (χ0) is 21.2. The minimum atomic E-state index is -3.49. The van der Waals surface area contributed by atoms with E-state index < -0.39 is 10.0 Å². The van der Waals surface area contributed by atoms with E-state index in [0.29, 0.717) is 37.6 Å². The quantitative estimate of drug-likeness (QED) is 0.650. The second kappa shape index (κ2) is 8.81. The summed E-state index contributed by atoms with van der Waals surface area (Å²) in [5.41, 5.74) is 3.94. The summed E-state index contributed by atoms with van der Waals surface area (Å²) in [6, 6.07) is 9.14. The molecule has 0 bridgehead atoms. The molecule has 0 amide bonds. The molecule has 0 saturated carbocycles. The average molecular weight is 418 g/mol. The maximum Gasteiger partial charge on any atom is 0.243 e. The number of carbonyl (C=O) groups is 1. The van der Waals surface area contributed by atoms with Crippen molar-refractivity contribution in [2.24, 2.45) is 7.05 Å². The van der Waals surface area contributed by atoms with Crippen molar-refractivity contribution in [2.75, 3.05) is 32.7 Å². The van der Waals surface area contributed by atoms with Crippen LogP contribution in [0.2, 0.25) is 0 Å². The Hall–Kier alpha value is -1.96. The molecule has 0 radical (unpaired) electrons. The summed E-state index contributed by atoms with van der Waals surface area (Å²) in [6.45, 7) is 8.30. The van der Waals surface area contributed by atoms with E-state index in [1.807, 2.05) is 48.6 Å². The van der Waals surface area contributed by atoms with Crippen molar-refractivity contribution < 1.29 is 13.2 Å². The Bertz CT molecular complexity index is 969. The van der Waals surface area contributed by atoms with Gasteiger partial charge in [0.15, 0.2) is 5.78 Å². The van der Waals surface area contributed by atoms with Crippen molar-refractivity contribution >= 4 is 15.8 Å². The predicted molar refractivity (Wildman–Crippen MR) is 115 cm³/mol. The highest BCUT2D eigenvalue weighted by molar-refractivity contribution is 7.89. The van der Waals surface area contributed by atoms with Crippen LogP contribution in [0.15, 0.2) is 35.2 Å². The first-order chi connectivity index (χ1) is 13.7. The molecule has 0 aliphatic carbocycles. The molecule has 7 heteroatoms. The van der Waals surface area contributed by atoms with Crippen LogP contribution in [0.5, 0.6) is 0 Å². The van der Waals surface area contributed by atoms with Gasteiger partial charge < -0.3 is 4.57 Å². The van der Waals surface area contributed by atoms with Crippen LogP contribution in [0, 0.1) is 13.8 Å². The summed E-state index contributed by atoms with van der Waals surface area (Å²) in [5, 5.41) is 0. The van der Waals surface area contributed by atoms with Crippen molar-refractivity contribution in [1.29, 1.82) is 0 Å². The molecule has 1 fully saturated rings.